The van der Waals surface area contributed by atoms with E-state index in [1.807, 2.05) is 0 Å². The zero-order chi connectivity index (χ0) is 16.2. The molecule has 0 aromatic carbocycles. The first kappa shape index (κ1) is 23.2. The van der Waals surface area contributed by atoms with Crippen molar-refractivity contribution >= 4 is 0 Å². The Morgan fingerprint density at radius 3 is 1.43 bits per heavy atom. The summed E-state index contributed by atoms with van der Waals surface area (Å²) in [6.07, 6.45) is 15.8. The summed E-state index contributed by atoms with van der Waals surface area (Å²) in [6, 6.07) is 0. The number of hydrogen-bond acceptors (Lipinski definition) is 3. The summed E-state index contributed by atoms with van der Waals surface area (Å²) in [5, 5.41) is 0. The predicted octanol–water partition coefficient (Wildman–Crippen LogP) is 4.19. The molecule has 3 heteroatoms. The molecule has 1 unspecified atom stereocenters. The van der Waals surface area contributed by atoms with Gasteiger partial charge in [-0.2, -0.15) is 0 Å². The molecule has 0 amide bonds. The van der Waals surface area contributed by atoms with Crippen molar-refractivity contribution < 1.29 is 0 Å². The summed E-state index contributed by atoms with van der Waals surface area (Å²) in [7, 11) is 0. The summed E-state index contributed by atoms with van der Waals surface area (Å²) >= 11 is 0. The van der Waals surface area contributed by atoms with Crippen LogP contribution in [-0.4, -0.2) is 19.6 Å². The molecule has 0 aliphatic rings. The van der Waals surface area contributed by atoms with Crippen LogP contribution < -0.4 is 17.2 Å². The van der Waals surface area contributed by atoms with Crippen LogP contribution in [0.3, 0.4) is 0 Å². The minimum atomic E-state index is 0.733. The summed E-state index contributed by atoms with van der Waals surface area (Å²) in [4.78, 5) is 0. The first-order chi connectivity index (χ1) is 10.2. The van der Waals surface area contributed by atoms with Crippen LogP contribution in [0.1, 0.15) is 90.9 Å². The smallest absolute Gasteiger partial charge is 0.00515 e. The van der Waals surface area contributed by atoms with E-state index in [0.717, 1.165) is 25.6 Å². The van der Waals surface area contributed by atoms with Gasteiger partial charge in [-0.1, -0.05) is 71.6 Å². The predicted molar refractivity (Wildman–Crippen MR) is 97.4 cm³/mol. The average Bonchev–Trinajstić information content (AvgIpc) is 2.51. The van der Waals surface area contributed by atoms with Crippen molar-refractivity contribution in [1.29, 1.82) is 0 Å². The molecule has 0 saturated heterocycles. The van der Waals surface area contributed by atoms with Crippen LogP contribution >= 0.6 is 0 Å². The maximum Gasteiger partial charge on any atom is -0.00515 e. The number of nitrogens with two attached hydrogens (primary N) is 3. The quantitative estimate of drug-likeness (QED) is 0.421. The third-order valence-corrected chi connectivity index (χ3v) is 3.86. The molecular formula is C18H43N3. The lowest BCUT2D eigenvalue weighted by atomic mass is 10.0. The Hall–Kier alpha value is -0.120. The summed E-state index contributed by atoms with van der Waals surface area (Å²) in [6.45, 7) is 7.02. The maximum absolute atomic E-state index is 5.49. The fourth-order valence-electron chi connectivity index (χ4n) is 2.21. The third-order valence-electron chi connectivity index (χ3n) is 3.86. The van der Waals surface area contributed by atoms with Gasteiger partial charge in [-0.3, -0.25) is 0 Å². The van der Waals surface area contributed by atoms with Crippen molar-refractivity contribution in [2.75, 3.05) is 19.6 Å². The molecule has 3 nitrogen and oxygen atoms in total. The highest BCUT2D eigenvalue weighted by atomic mass is 14.5. The van der Waals surface area contributed by atoms with Gasteiger partial charge in [0.05, 0.1) is 0 Å². The zero-order valence-electron chi connectivity index (χ0n) is 14.9. The first-order valence-corrected chi connectivity index (χ1v) is 9.33. The van der Waals surface area contributed by atoms with E-state index in [0.29, 0.717) is 0 Å². The minimum absolute atomic E-state index is 0.733. The van der Waals surface area contributed by atoms with Crippen LogP contribution in [0.4, 0.5) is 0 Å². The monoisotopic (exact) mass is 301 g/mol. The van der Waals surface area contributed by atoms with Gasteiger partial charge in [-0.05, 0) is 44.8 Å². The molecule has 0 radical (unpaired) electrons. The number of unbranched alkanes of at least 4 members (excludes halogenated alkanes) is 9. The fourth-order valence-corrected chi connectivity index (χ4v) is 2.21. The third kappa shape index (κ3) is 25.2. The number of rotatable bonds is 14. The van der Waals surface area contributed by atoms with Gasteiger partial charge in [0.1, 0.15) is 0 Å². The molecule has 1 atom stereocenters. The molecule has 130 valence electrons. The van der Waals surface area contributed by atoms with Crippen LogP contribution in [-0.2, 0) is 0 Å². The Balaban J connectivity index is 0. The normalized spacial score (nSPS) is 11.9. The van der Waals surface area contributed by atoms with Gasteiger partial charge in [0.15, 0.2) is 0 Å². The molecule has 0 spiro atoms. The van der Waals surface area contributed by atoms with Crippen LogP contribution in [0.25, 0.3) is 0 Å². The molecule has 21 heavy (non-hydrogen) atoms. The second kappa shape index (κ2) is 22.2. The molecular weight excluding hydrogens is 258 g/mol. The lowest BCUT2D eigenvalue weighted by Gasteiger charge is -2.06. The average molecular weight is 302 g/mol. The van der Waals surface area contributed by atoms with Gasteiger partial charge in [0, 0.05) is 0 Å². The van der Waals surface area contributed by atoms with Gasteiger partial charge < -0.3 is 17.2 Å². The van der Waals surface area contributed by atoms with Crippen molar-refractivity contribution in [2.45, 2.75) is 90.9 Å². The Morgan fingerprint density at radius 1 is 0.619 bits per heavy atom. The lowest BCUT2D eigenvalue weighted by Crippen LogP contribution is -2.10. The Kier molecular flexibility index (Phi) is 24.4. The number of hydrogen-bond donors (Lipinski definition) is 3. The molecule has 0 aliphatic carbocycles. The van der Waals surface area contributed by atoms with E-state index >= 15 is 0 Å². The molecule has 0 aromatic heterocycles. The van der Waals surface area contributed by atoms with Crippen molar-refractivity contribution in [3.8, 4) is 0 Å². The van der Waals surface area contributed by atoms with E-state index < -0.39 is 0 Å². The second-order valence-corrected chi connectivity index (χ2v) is 6.24. The Labute approximate surface area is 134 Å². The largest absolute Gasteiger partial charge is 0.330 e. The fraction of sp³-hybridized carbons (Fsp3) is 1.00. The van der Waals surface area contributed by atoms with Gasteiger partial charge in [-0.25, -0.2) is 0 Å². The maximum atomic E-state index is 5.49. The highest BCUT2D eigenvalue weighted by Crippen LogP contribution is 2.08. The Morgan fingerprint density at radius 2 is 1.05 bits per heavy atom. The van der Waals surface area contributed by atoms with E-state index in [9.17, 15) is 0 Å². The molecule has 0 aromatic rings. The molecule has 0 rings (SSSR count). The van der Waals surface area contributed by atoms with Crippen LogP contribution in [0, 0.1) is 5.92 Å². The summed E-state index contributed by atoms with van der Waals surface area (Å²) < 4.78 is 0. The SMILES string of the molecule is CCCCCCC(C)CN.NCCCCCCCCCN. The highest BCUT2D eigenvalue weighted by Gasteiger charge is 1.96. The zero-order valence-corrected chi connectivity index (χ0v) is 14.9. The van der Waals surface area contributed by atoms with Crippen molar-refractivity contribution in [1.82, 2.24) is 0 Å². The van der Waals surface area contributed by atoms with Crippen molar-refractivity contribution in [3.05, 3.63) is 0 Å². The summed E-state index contributed by atoms with van der Waals surface area (Å²) in [5.74, 6) is 0.733. The molecule has 0 heterocycles. The van der Waals surface area contributed by atoms with E-state index in [2.05, 4.69) is 13.8 Å². The van der Waals surface area contributed by atoms with Gasteiger partial charge in [-0.15, -0.1) is 0 Å². The Bertz CT molecular complexity index is 155. The minimum Gasteiger partial charge on any atom is -0.330 e. The highest BCUT2D eigenvalue weighted by molar-refractivity contribution is 4.52. The van der Waals surface area contributed by atoms with E-state index in [1.165, 1.54) is 77.0 Å². The lowest BCUT2D eigenvalue weighted by molar-refractivity contribution is 0.498. The van der Waals surface area contributed by atoms with Gasteiger partial charge in [0.2, 0.25) is 0 Å². The molecule has 0 fully saturated rings. The first-order valence-electron chi connectivity index (χ1n) is 9.33. The van der Waals surface area contributed by atoms with E-state index in [1.54, 1.807) is 0 Å². The van der Waals surface area contributed by atoms with E-state index in [-0.39, 0.29) is 0 Å². The molecule has 6 N–H and O–H groups in total. The molecule has 0 saturated carbocycles. The van der Waals surface area contributed by atoms with Crippen LogP contribution in [0.2, 0.25) is 0 Å². The second-order valence-electron chi connectivity index (χ2n) is 6.24. The topological polar surface area (TPSA) is 78.1 Å². The van der Waals surface area contributed by atoms with Gasteiger partial charge >= 0.3 is 0 Å². The van der Waals surface area contributed by atoms with Crippen molar-refractivity contribution in [2.24, 2.45) is 23.1 Å². The van der Waals surface area contributed by atoms with Gasteiger partial charge in [0.25, 0.3) is 0 Å². The summed E-state index contributed by atoms with van der Waals surface area (Å²) in [5.41, 5.74) is 16.2. The standard InChI is InChI=1S/C9H22N2.C9H21N/c10-8-6-4-2-1-3-5-7-9-11;1-3-4-5-6-7-9(2)8-10/h1-11H2;9H,3-8,10H2,1-2H3. The van der Waals surface area contributed by atoms with Crippen molar-refractivity contribution in [3.63, 3.8) is 0 Å². The molecule has 0 aliphatic heterocycles. The van der Waals surface area contributed by atoms with E-state index in [4.69, 9.17) is 17.2 Å². The van der Waals surface area contributed by atoms with Crippen LogP contribution in [0.5, 0.6) is 0 Å². The molecule has 0 bridgehead atoms. The van der Waals surface area contributed by atoms with Crippen LogP contribution in [0.15, 0.2) is 0 Å².